The second-order valence-electron chi connectivity index (χ2n) is 4.31. The van der Waals surface area contributed by atoms with Gasteiger partial charge in [0.1, 0.15) is 5.02 Å². The van der Waals surface area contributed by atoms with Crippen molar-refractivity contribution >= 4 is 40.8 Å². The zero-order chi connectivity index (χ0) is 12.5. The largest absolute Gasteiger partial charge is 0.424 e. The van der Waals surface area contributed by atoms with E-state index in [4.69, 9.17) is 39.5 Å². The molecule has 0 atom stereocenters. The van der Waals surface area contributed by atoms with Gasteiger partial charge in [0.2, 0.25) is 0 Å². The van der Waals surface area contributed by atoms with Gasteiger partial charge < -0.3 is 4.74 Å². The number of carbonyl (C=O) groups is 1. The maximum absolute atomic E-state index is 11.6. The molecule has 0 aliphatic rings. The standard InChI is InChI=1S/C11H11Cl3O2/c1-11(2,3)10(15)16-7-5-4-6(12)8(13)9(7)14/h4-5H,1-3H3. The predicted octanol–water partition coefficient (Wildman–Crippen LogP) is 4.60. The molecule has 0 N–H and O–H groups in total. The Hall–Kier alpha value is -0.440. The van der Waals surface area contributed by atoms with Crippen molar-refractivity contribution in [3.05, 3.63) is 27.2 Å². The van der Waals surface area contributed by atoms with Crippen LogP contribution in [-0.2, 0) is 4.79 Å². The highest BCUT2D eigenvalue weighted by Crippen LogP contribution is 2.37. The van der Waals surface area contributed by atoms with Crippen molar-refractivity contribution in [1.82, 2.24) is 0 Å². The highest BCUT2D eigenvalue weighted by atomic mass is 35.5. The predicted molar refractivity (Wildman–Crippen MR) is 66.6 cm³/mol. The molecule has 0 aliphatic carbocycles. The summed E-state index contributed by atoms with van der Waals surface area (Å²) in [5, 5.41) is 0.650. The molecule has 0 bridgehead atoms. The molecule has 0 saturated heterocycles. The minimum atomic E-state index is -0.602. The Kier molecular flexibility index (Phi) is 4.11. The van der Waals surface area contributed by atoms with E-state index in [2.05, 4.69) is 0 Å². The smallest absolute Gasteiger partial charge is 0.316 e. The molecule has 0 heterocycles. The maximum Gasteiger partial charge on any atom is 0.316 e. The second-order valence-corrected chi connectivity index (χ2v) is 5.48. The Morgan fingerprint density at radius 1 is 1.12 bits per heavy atom. The van der Waals surface area contributed by atoms with Gasteiger partial charge in [0, 0.05) is 0 Å². The Labute approximate surface area is 109 Å². The van der Waals surface area contributed by atoms with E-state index in [1.165, 1.54) is 12.1 Å². The molecular weight excluding hydrogens is 270 g/mol. The van der Waals surface area contributed by atoms with Crippen LogP contribution in [0, 0.1) is 5.41 Å². The summed E-state index contributed by atoms with van der Waals surface area (Å²) in [6.07, 6.45) is 0. The van der Waals surface area contributed by atoms with Gasteiger partial charge in [0.25, 0.3) is 0 Å². The topological polar surface area (TPSA) is 26.3 Å². The molecule has 16 heavy (non-hydrogen) atoms. The molecular formula is C11H11Cl3O2. The van der Waals surface area contributed by atoms with E-state index in [-0.39, 0.29) is 21.8 Å². The van der Waals surface area contributed by atoms with Gasteiger partial charge in [0.15, 0.2) is 5.75 Å². The molecule has 0 saturated carbocycles. The highest BCUT2D eigenvalue weighted by Gasteiger charge is 2.25. The Bertz CT molecular complexity index is 422. The van der Waals surface area contributed by atoms with E-state index in [0.29, 0.717) is 5.02 Å². The van der Waals surface area contributed by atoms with Gasteiger partial charge in [-0.1, -0.05) is 34.8 Å². The molecule has 0 aromatic heterocycles. The van der Waals surface area contributed by atoms with E-state index in [1.54, 1.807) is 20.8 Å². The molecule has 2 nitrogen and oxygen atoms in total. The second kappa shape index (κ2) is 4.82. The van der Waals surface area contributed by atoms with Crippen molar-refractivity contribution < 1.29 is 9.53 Å². The zero-order valence-electron chi connectivity index (χ0n) is 9.11. The third-order valence-corrected chi connectivity index (χ3v) is 3.09. The van der Waals surface area contributed by atoms with E-state index >= 15 is 0 Å². The molecule has 1 rings (SSSR count). The molecule has 5 heteroatoms. The first kappa shape index (κ1) is 13.6. The van der Waals surface area contributed by atoms with Gasteiger partial charge in [0.05, 0.1) is 15.5 Å². The fourth-order valence-corrected chi connectivity index (χ4v) is 1.41. The molecule has 1 aromatic rings. The van der Waals surface area contributed by atoms with Crippen LogP contribution < -0.4 is 4.74 Å². The molecule has 0 spiro atoms. The molecule has 0 aliphatic heterocycles. The van der Waals surface area contributed by atoms with Gasteiger partial charge in [-0.25, -0.2) is 0 Å². The van der Waals surface area contributed by atoms with Crippen molar-refractivity contribution in [3.63, 3.8) is 0 Å². The first-order valence-electron chi connectivity index (χ1n) is 4.59. The summed E-state index contributed by atoms with van der Waals surface area (Å²) in [4.78, 5) is 11.6. The van der Waals surface area contributed by atoms with Crippen LogP contribution in [0.15, 0.2) is 12.1 Å². The first-order chi connectivity index (χ1) is 7.23. The van der Waals surface area contributed by atoms with Crippen LogP contribution >= 0.6 is 34.8 Å². The fourth-order valence-electron chi connectivity index (χ4n) is 0.840. The molecule has 1 aromatic carbocycles. The van der Waals surface area contributed by atoms with E-state index < -0.39 is 5.41 Å². The first-order valence-corrected chi connectivity index (χ1v) is 5.72. The summed E-state index contributed by atoms with van der Waals surface area (Å²) >= 11 is 17.5. The Balaban J connectivity index is 3.00. The van der Waals surface area contributed by atoms with Gasteiger partial charge in [-0.3, -0.25) is 4.79 Å². The summed E-state index contributed by atoms with van der Waals surface area (Å²) in [5.41, 5.74) is -0.602. The van der Waals surface area contributed by atoms with Crippen LogP contribution in [-0.4, -0.2) is 5.97 Å². The lowest BCUT2D eigenvalue weighted by Gasteiger charge is -2.17. The third-order valence-electron chi connectivity index (χ3n) is 1.81. The highest BCUT2D eigenvalue weighted by molar-refractivity contribution is 6.48. The SMILES string of the molecule is CC(C)(C)C(=O)Oc1ccc(Cl)c(Cl)c1Cl. The number of hydrogen-bond acceptors (Lipinski definition) is 2. The number of benzene rings is 1. The van der Waals surface area contributed by atoms with Crippen molar-refractivity contribution in [2.24, 2.45) is 5.41 Å². The quantitative estimate of drug-likeness (QED) is 0.427. The van der Waals surface area contributed by atoms with Gasteiger partial charge >= 0.3 is 5.97 Å². The van der Waals surface area contributed by atoms with E-state index in [1.807, 2.05) is 0 Å². The number of ether oxygens (including phenoxy) is 1. The third kappa shape index (κ3) is 3.03. The van der Waals surface area contributed by atoms with Crippen molar-refractivity contribution in [1.29, 1.82) is 0 Å². The molecule has 88 valence electrons. The number of hydrogen-bond donors (Lipinski definition) is 0. The summed E-state index contributed by atoms with van der Waals surface area (Å²) in [7, 11) is 0. The van der Waals surface area contributed by atoms with Crippen LogP contribution in [0.2, 0.25) is 15.1 Å². The normalized spacial score (nSPS) is 11.4. The van der Waals surface area contributed by atoms with E-state index in [9.17, 15) is 4.79 Å². The Morgan fingerprint density at radius 2 is 1.69 bits per heavy atom. The number of halogens is 3. The number of rotatable bonds is 1. The summed E-state index contributed by atoms with van der Waals surface area (Å²) < 4.78 is 5.13. The lowest BCUT2D eigenvalue weighted by Crippen LogP contribution is -2.25. The van der Waals surface area contributed by atoms with Crippen LogP contribution in [0.1, 0.15) is 20.8 Å². The molecule has 0 unspecified atom stereocenters. The Morgan fingerprint density at radius 3 is 2.19 bits per heavy atom. The molecule has 0 radical (unpaired) electrons. The number of carbonyl (C=O) groups excluding carboxylic acids is 1. The van der Waals surface area contributed by atoms with Gasteiger partial charge in [-0.2, -0.15) is 0 Å². The fraction of sp³-hybridized carbons (Fsp3) is 0.364. The summed E-state index contributed by atoms with van der Waals surface area (Å²) in [6.45, 7) is 5.25. The molecule has 0 amide bonds. The van der Waals surface area contributed by atoms with Gasteiger partial charge in [-0.05, 0) is 32.9 Å². The van der Waals surface area contributed by atoms with E-state index in [0.717, 1.165) is 0 Å². The van der Waals surface area contributed by atoms with Crippen LogP contribution in [0.3, 0.4) is 0 Å². The average molecular weight is 282 g/mol. The van der Waals surface area contributed by atoms with Gasteiger partial charge in [-0.15, -0.1) is 0 Å². The lowest BCUT2D eigenvalue weighted by atomic mass is 9.97. The van der Waals surface area contributed by atoms with Crippen LogP contribution in [0.5, 0.6) is 5.75 Å². The van der Waals surface area contributed by atoms with Crippen molar-refractivity contribution in [2.75, 3.05) is 0 Å². The van der Waals surface area contributed by atoms with Crippen LogP contribution in [0.4, 0.5) is 0 Å². The summed E-state index contributed by atoms with van der Waals surface area (Å²) in [5.74, 6) is -0.163. The van der Waals surface area contributed by atoms with Crippen molar-refractivity contribution in [2.45, 2.75) is 20.8 Å². The molecule has 0 fully saturated rings. The average Bonchev–Trinajstić information content (AvgIpc) is 2.17. The minimum Gasteiger partial charge on any atom is -0.424 e. The van der Waals surface area contributed by atoms with Crippen LogP contribution in [0.25, 0.3) is 0 Å². The monoisotopic (exact) mass is 280 g/mol. The van der Waals surface area contributed by atoms with Crippen molar-refractivity contribution in [3.8, 4) is 5.75 Å². The number of esters is 1. The summed E-state index contributed by atoms with van der Waals surface area (Å²) in [6, 6.07) is 3.04. The zero-order valence-corrected chi connectivity index (χ0v) is 11.4. The lowest BCUT2D eigenvalue weighted by molar-refractivity contribution is -0.142. The minimum absolute atomic E-state index is 0.145. The maximum atomic E-state index is 11.6.